The molecule has 3 aromatic carbocycles. The van der Waals surface area contributed by atoms with Gasteiger partial charge in [0.15, 0.2) is 0 Å². The predicted octanol–water partition coefficient (Wildman–Crippen LogP) is 5.03. The molecule has 0 saturated heterocycles. The van der Waals surface area contributed by atoms with Gasteiger partial charge in [-0.2, -0.15) is 0 Å². The molecule has 0 aliphatic heterocycles. The first-order valence-electron chi connectivity index (χ1n) is 14.5. The highest BCUT2D eigenvalue weighted by Gasteiger charge is 2.32. The number of nitrogens with zero attached hydrogens (tertiary/aromatic N) is 6. The third-order valence-electron chi connectivity index (χ3n) is 7.24. The molecule has 45 heavy (non-hydrogen) atoms. The van der Waals surface area contributed by atoms with E-state index < -0.39 is 29.6 Å². The summed E-state index contributed by atoms with van der Waals surface area (Å²) in [4.78, 5) is 55.7. The summed E-state index contributed by atoms with van der Waals surface area (Å²) in [6, 6.07) is 20.1. The van der Waals surface area contributed by atoms with Gasteiger partial charge >= 0.3 is 5.97 Å². The van der Waals surface area contributed by atoms with Crippen LogP contribution in [-0.4, -0.2) is 59.1 Å². The van der Waals surface area contributed by atoms with E-state index in [1.165, 1.54) is 11.0 Å². The van der Waals surface area contributed by atoms with Gasteiger partial charge in [-0.1, -0.05) is 98.7 Å². The number of tetrazole rings is 1. The second-order valence-electron chi connectivity index (χ2n) is 10.8. The van der Waals surface area contributed by atoms with Gasteiger partial charge in [-0.15, -0.1) is 20.3 Å². The monoisotopic (exact) mass is 614 g/mol. The Morgan fingerprint density at radius 1 is 1.00 bits per heavy atom. The van der Waals surface area contributed by atoms with Crippen LogP contribution in [0.2, 0.25) is 0 Å². The van der Waals surface area contributed by atoms with Crippen molar-refractivity contribution >= 4 is 17.8 Å². The third kappa shape index (κ3) is 7.93. The standard InChI is InChI=1S/C32H34N6O7/c1-4-5-14-28(39)36(29(21(2)3)32(41)42)19-22-15-17-23(18-16-22)25-11-8-9-13-27(25)30-33-35-37(34-30)31(40)26-12-7-6-10-24(26)20-45-38(43)44/h6-13,15-18,21,29H,4-5,14,19-20H2,1-3H3,(H,41,42). The lowest BCUT2D eigenvalue weighted by Gasteiger charge is -2.32. The molecule has 0 aliphatic rings. The van der Waals surface area contributed by atoms with Crippen molar-refractivity contribution in [2.45, 2.75) is 59.2 Å². The van der Waals surface area contributed by atoms with E-state index in [1.54, 1.807) is 44.2 Å². The van der Waals surface area contributed by atoms with Crippen LogP contribution >= 0.6 is 0 Å². The lowest BCUT2D eigenvalue weighted by Crippen LogP contribution is -2.47. The number of carboxylic acid groups (broad SMARTS) is 1. The predicted molar refractivity (Wildman–Crippen MR) is 163 cm³/mol. The van der Waals surface area contributed by atoms with E-state index in [9.17, 15) is 29.6 Å². The maximum atomic E-state index is 13.2. The fourth-order valence-electron chi connectivity index (χ4n) is 5.00. The highest BCUT2D eigenvalue weighted by Crippen LogP contribution is 2.30. The molecule has 4 aromatic rings. The Kier molecular flexibility index (Phi) is 10.7. The number of aromatic nitrogens is 4. The highest BCUT2D eigenvalue weighted by atomic mass is 16.9. The molecule has 1 heterocycles. The maximum Gasteiger partial charge on any atom is 0.326 e. The molecule has 0 spiro atoms. The fraction of sp³-hybridized carbons (Fsp3) is 0.312. The van der Waals surface area contributed by atoms with E-state index >= 15 is 0 Å². The number of aliphatic carboxylic acids is 1. The number of rotatable bonds is 14. The number of carbonyl (C=O) groups is 3. The topological polar surface area (TPSA) is 171 Å². The molecule has 1 aromatic heterocycles. The molecule has 0 bridgehead atoms. The van der Waals surface area contributed by atoms with Crippen LogP contribution in [0.25, 0.3) is 22.5 Å². The average molecular weight is 615 g/mol. The van der Waals surface area contributed by atoms with Gasteiger partial charge in [-0.05, 0) is 45.9 Å². The molecule has 234 valence electrons. The number of hydrogen-bond acceptors (Lipinski definition) is 9. The smallest absolute Gasteiger partial charge is 0.326 e. The Hall–Kier alpha value is -5.46. The Bertz CT molecular complexity index is 1670. The minimum absolute atomic E-state index is 0.136. The van der Waals surface area contributed by atoms with Crippen LogP contribution in [0, 0.1) is 16.0 Å². The van der Waals surface area contributed by atoms with Crippen LogP contribution in [0.15, 0.2) is 72.8 Å². The Labute approximate surface area is 259 Å². The Balaban J connectivity index is 1.59. The molecule has 0 fully saturated rings. The molecule has 13 nitrogen and oxygen atoms in total. The van der Waals surface area contributed by atoms with Crippen LogP contribution in [0.3, 0.4) is 0 Å². The third-order valence-corrected chi connectivity index (χ3v) is 7.24. The van der Waals surface area contributed by atoms with Crippen molar-refractivity contribution < 1.29 is 29.4 Å². The first-order chi connectivity index (χ1) is 21.6. The quantitative estimate of drug-likeness (QED) is 0.150. The number of carbonyl (C=O) groups excluding carboxylic acids is 2. The van der Waals surface area contributed by atoms with Crippen molar-refractivity contribution in [3.63, 3.8) is 0 Å². The van der Waals surface area contributed by atoms with E-state index in [-0.39, 0.29) is 36.2 Å². The molecule has 0 saturated carbocycles. The molecular weight excluding hydrogens is 580 g/mol. The van der Waals surface area contributed by atoms with Crippen LogP contribution in [-0.2, 0) is 27.6 Å². The summed E-state index contributed by atoms with van der Waals surface area (Å²) in [5.41, 5.74) is 3.39. The summed E-state index contributed by atoms with van der Waals surface area (Å²) in [5, 5.41) is 32.0. The zero-order valence-electron chi connectivity index (χ0n) is 25.2. The number of amides is 1. The van der Waals surface area contributed by atoms with Crippen molar-refractivity contribution in [3.05, 3.63) is 99.6 Å². The van der Waals surface area contributed by atoms with Gasteiger partial charge < -0.3 is 14.8 Å². The molecule has 4 rings (SSSR count). The lowest BCUT2D eigenvalue weighted by atomic mass is 9.97. The maximum absolute atomic E-state index is 13.2. The fourth-order valence-corrected chi connectivity index (χ4v) is 5.00. The van der Waals surface area contributed by atoms with E-state index in [1.807, 2.05) is 43.3 Å². The normalized spacial score (nSPS) is 11.6. The van der Waals surface area contributed by atoms with Crippen LogP contribution < -0.4 is 0 Å². The summed E-state index contributed by atoms with van der Waals surface area (Å²) in [6.07, 6.45) is 1.80. The highest BCUT2D eigenvalue weighted by molar-refractivity contribution is 5.96. The van der Waals surface area contributed by atoms with E-state index in [0.717, 1.165) is 27.9 Å². The Morgan fingerprint density at radius 2 is 1.67 bits per heavy atom. The first-order valence-corrected chi connectivity index (χ1v) is 14.5. The molecule has 13 heteroatoms. The van der Waals surface area contributed by atoms with Crippen LogP contribution in [0.5, 0.6) is 0 Å². The number of benzene rings is 3. The van der Waals surface area contributed by atoms with Gasteiger partial charge in [0.2, 0.25) is 11.7 Å². The van der Waals surface area contributed by atoms with Crippen molar-refractivity contribution in [1.82, 2.24) is 25.1 Å². The SMILES string of the molecule is CCCCC(=O)N(Cc1ccc(-c2ccccc2-c2nnn(C(=O)c3ccccc3CO[N+](=O)[O-])n2)cc1)C(C(=O)O)C(C)C. The van der Waals surface area contributed by atoms with E-state index in [0.29, 0.717) is 17.5 Å². The van der Waals surface area contributed by atoms with Gasteiger partial charge in [0, 0.05) is 24.1 Å². The minimum Gasteiger partial charge on any atom is -0.480 e. The number of unbranched alkanes of at least 4 members (excludes halogenated alkanes) is 1. The van der Waals surface area contributed by atoms with Crippen molar-refractivity contribution in [3.8, 4) is 22.5 Å². The molecule has 1 N–H and O–H groups in total. The van der Waals surface area contributed by atoms with Crippen LogP contribution in [0.1, 0.15) is 61.5 Å². The van der Waals surface area contributed by atoms with Crippen LogP contribution in [0.4, 0.5) is 0 Å². The zero-order chi connectivity index (χ0) is 32.5. The average Bonchev–Trinajstić information content (AvgIpc) is 3.52. The van der Waals surface area contributed by atoms with Gasteiger partial charge in [0.1, 0.15) is 12.6 Å². The van der Waals surface area contributed by atoms with Crippen molar-refractivity contribution in [2.75, 3.05) is 0 Å². The largest absolute Gasteiger partial charge is 0.480 e. The molecular formula is C32H34N6O7. The molecule has 1 amide bonds. The Morgan fingerprint density at radius 3 is 2.31 bits per heavy atom. The van der Waals surface area contributed by atoms with Gasteiger partial charge in [-0.25, -0.2) is 4.79 Å². The molecule has 1 atom stereocenters. The zero-order valence-corrected chi connectivity index (χ0v) is 25.2. The van der Waals surface area contributed by atoms with Gasteiger partial charge in [-0.3, -0.25) is 9.59 Å². The summed E-state index contributed by atoms with van der Waals surface area (Å²) < 4.78 is 0. The lowest BCUT2D eigenvalue weighted by molar-refractivity contribution is -0.763. The van der Waals surface area contributed by atoms with Crippen molar-refractivity contribution in [2.24, 2.45) is 5.92 Å². The van der Waals surface area contributed by atoms with E-state index in [2.05, 4.69) is 20.2 Å². The summed E-state index contributed by atoms with van der Waals surface area (Å²) in [6.45, 7) is 5.32. The second-order valence-corrected chi connectivity index (χ2v) is 10.8. The second kappa shape index (κ2) is 14.8. The number of carboxylic acids is 1. The molecule has 0 radical (unpaired) electrons. The molecule has 1 unspecified atom stereocenters. The van der Waals surface area contributed by atoms with Gasteiger partial charge in [0.05, 0.1) is 0 Å². The first kappa shape index (κ1) is 32.5. The van der Waals surface area contributed by atoms with E-state index in [4.69, 9.17) is 0 Å². The summed E-state index contributed by atoms with van der Waals surface area (Å²) >= 11 is 0. The summed E-state index contributed by atoms with van der Waals surface area (Å²) in [7, 11) is 0. The number of hydrogen-bond donors (Lipinski definition) is 1. The minimum atomic E-state index is -1.03. The van der Waals surface area contributed by atoms with Crippen molar-refractivity contribution in [1.29, 1.82) is 0 Å². The summed E-state index contributed by atoms with van der Waals surface area (Å²) in [5.74, 6) is -1.93. The van der Waals surface area contributed by atoms with Gasteiger partial charge in [0.25, 0.3) is 11.0 Å². The molecule has 0 aliphatic carbocycles.